The molecule has 4 nitrogen and oxygen atoms in total. The average molecular weight is 373 g/mol. The Morgan fingerprint density at radius 1 is 1.22 bits per heavy atom. The van der Waals surface area contributed by atoms with Gasteiger partial charge in [-0.05, 0) is 50.6 Å². The number of fused-ring (bicyclic) bond motifs is 1. The first-order chi connectivity index (χ1) is 11.0. The molecular weight excluding hydrogens is 356 g/mol. The molecule has 118 valence electrons. The molecule has 0 saturated heterocycles. The van der Waals surface area contributed by atoms with Crippen molar-refractivity contribution in [3.63, 3.8) is 0 Å². The largest absolute Gasteiger partial charge is 0.462 e. The fourth-order valence-electron chi connectivity index (χ4n) is 2.73. The molecule has 23 heavy (non-hydrogen) atoms. The van der Waals surface area contributed by atoms with Gasteiger partial charge in [0, 0.05) is 15.9 Å². The Morgan fingerprint density at radius 3 is 2.57 bits per heavy atom. The quantitative estimate of drug-likeness (QED) is 0.633. The summed E-state index contributed by atoms with van der Waals surface area (Å²) in [6.07, 6.45) is 0. The van der Waals surface area contributed by atoms with Crippen LogP contribution in [0.1, 0.15) is 28.7 Å². The van der Waals surface area contributed by atoms with Gasteiger partial charge in [-0.25, -0.2) is 9.78 Å². The molecule has 0 saturated carbocycles. The van der Waals surface area contributed by atoms with Crippen LogP contribution < -0.4 is 0 Å². The fourth-order valence-corrected chi connectivity index (χ4v) is 2.99. The molecule has 0 fully saturated rings. The lowest BCUT2D eigenvalue weighted by Crippen LogP contribution is -2.06. The molecule has 0 aliphatic rings. The van der Waals surface area contributed by atoms with Crippen LogP contribution in [0.3, 0.4) is 0 Å². The first-order valence-corrected chi connectivity index (χ1v) is 8.23. The molecule has 0 N–H and O–H groups in total. The second-order valence-electron chi connectivity index (χ2n) is 5.37. The van der Waals surface area contributed by atoms with Crippen LogP contribution in [0.5, 0.6) is 0 Å². The van der Waals surface area contributed by atoms with Gasteiger partial charge >= 0.3 is 5.97 Å². The number of aryl methyl sites for hydroxylation is 2. The van der Waals surface area contributed by atoms with Crippen molar-refractivity contribution in [3.05, 3.63) is 57.8 Å². The Kier molecular flexibility index (Phi) is 4.22. The minimum absolute atomic E-state index is 0.342. The number of carbonyl (C=O) groups is 1. The lowest BCUT2D eigenvalue weighted by Gasteiger charge is -2.08. The number of hydrogen-bond acceptors (Lipinski definition) is 3. The molecule has 0 aliphatic heterocycles. The summed E-state index contributed by atoms with van der Waals surface area (Å²) in [6.45, 7) is 6.08. The zero-order valence-electron chi connectivity index (χ0n) is 13.3. The van der Waals surface area contributed by atoms with Crippen LogP contribution in [-0.4, -0.2) is 22.0 Å². The summed E-state index contributed by atoms with van der Waals surface area (Å²) >= 11 is 3.45. The number of benzene rings is 1. The molecule has 5 heteroatoms. The van der Waals surface area contributed by atoms with Gasteiger partial charge in [0.25, 0.3) is 0 Å². The first kappa shape index (κ1) is 15.7. The van der Waals surface area contributed by atoms with E-state index in [2.05, 4.69) is 20.9 Å². The number of carbonyl (C=O) groups excluding carboxylic acids is 1. The fraction of sp³-hybridized carbons (Fsp3) is 0.222. The summed E-state index contributed by atoms with van der Waals surface area (Å²) in [4.78, 5) is 16.9. The topological polar surface area (TPSA) is 43.6 Å². The van der Waals surface area contributed by atoms with Crippen molar-refractivity contribution >= 4 is 27.5 Å². The maximum atomic E-state index is 12.3. The molecule has 0 radical (unpaired) electrons. The van der Waals surface area contributed by atoms with E-state index in [9.17, 15) is 4.79 Å². The second kappa shape index (κ2) is 6.16. The number of nitrogens with zero attached hydrogens (tertiary/aromatic N) is 2. The summed E-state index contributed by atoms with van der Waals surface area (Å²) in [5, 5.41) is 0. The first-order valence-electron chi connectivity index (χ1n) is 7.44. The van der Waals surface area contributed by atoms with Gasteiger partial charge in [-0.2, -0.15) is 0 Å². The van der Waals surface area contributed by atoms with Gasteiger partial charge < -0.3 is 4.74 Å². The third-order valence-corrected chi connectivity index (χ3v) is 4.19. The molecule has 0 bridgehead atoms. The summed E-state index contributed by atoms with van der Waals surface area (Å²) in [5.41, 5.74) is 4.99. The Morgan fingerprint density at radius 2 is 1.91 bits per heavy atom. The van der Waals surface area contributed by atoms with E-state index in [1.54, 1.807) is 6.92 Å². The molecule has 3 aromatic rings. The molecule has 0 amide bonds. The Bertz CT molecular complexity index is 882. The van der Waals surface area contributed by atoms with Gasteiger partial charge in [0.2, 0.25) is 0 Å². The van der Waals surface area contributed by atoms with Gasteiger partial charge in [0.1, 0.15) is 5.56 Å². The van der Waals surface area contributed by atoms with Crippen LogP contribution in [-0.2, 0) is 4.74 Å². The van der Waals surface area contributed by atoms with E-state index in [4.69, 9.17) is 4.74 Å². The normalized spacial score (nSPS) is 11.0. The Hall–Kier alpha value is -2.14. The number of hydrogen-bond donors (Lipinski definition) is 0. The number of halogens is 1. The van der Waals surface area contributed by atoms with E-state index >= 15 is 0 Å². The maximum absolute atomic E-state index is 12.3. The van der Waals surface area contributed by atoms with Crippen LogP contribution >= 0.6 is 15.9 Å². The maximum Gasteiger partial charge on any atom is 0.342 e. The van der Waals surface area contributed by atoms with Crippen molar-refractivity contribution in [2.75, 3.05) is 6.61 Å². The van der Waals surface area contributed by atoms with Crippen molar-refractivity contribution in [2.45, 2.75) is 20.8 Å². The molecule has 2 aromatic heterocycles. The monoisotopic (exact) mass is 372 g/mol. The van der Waals surface area contributed by atoms with Crippen molar-refractivity contribution in [1.82, 2.24) is 9.38 Å². The van der Waals surface area contributed by atoms with Crippen LogP contribution in [0.4, 0.5) is 0 Å². The van der Waals surface area contributed by atoms with E-state index in [0.717, 1.165) is 27.1 Å². The molecule has 3 rings (SSSR count). The molecule has 0 unspecified atom stereocenters. The Labute approximate surface area is 143 Å². The lowest BCUT2D eigenvalue weighted by molar-refractivity contribution is 0.0528. The predicted octanol–water partition coefficient (Wildman–Crippen LogP) is 4.56. The van der Waals surface area contributed by atoms with E-state index < -0.39 is 0 Å². The summed E-state index contributed by atoms with van der Waals surface area (Å²) in [7, 11) is 0. The Balaban J connectivity index is 2.30. The van der Waals surface area contributed by atoms with Crippen molar-refractivity contribution in [2.24, 2.45) is 0 Å². The summed E-state index contributed by atoms with van der Waals surface area (Å²) < 4.78 is 8.20. The van der Waals surface area contributed by atoms with Gasteiger partial charge in [-0.15, -0.1) is 0 Å². The third kappa shape index (κ3) is 2.88. The van der Waals surface area contributed by atoms with Crippen LogP contribution in [0.25, 0.3) is 16.9 Å². The molecule has 2 heterocycles. The average Bonchev–Trinajstić information content (AvgIpc) is 2.88. The summed E-state index contributed by atoms with van der Waals surface area (Å²) in [5.74, 6) is -0.342. The lowest BCUT2D eigenvalue weighted by atomic mass is 10.1. The minimum Gasteiger partial charge on any atom is -0.462 e. The molecule has 1 aromatic carbocycles. The SMILES string of the molecule is CCOC(=O)c1cc(-c2ccc(Br)cc2)n2c(C)cc(C)nc12. The van der Waals surface area contributed by atoms with E-state index in [1.165, 1.54) is 0 Å². The number of esters is 1. The van der Waals surface area contributed by atoms with Crippen molar-refractivity contribution < 1.29 is 9.53 Å². The van der Waals surface area contributed by atoms with Crippen molar-refractivity contribution in [1.29, 1.82) is 0 Å². The highest BCUT2D eigenvalue weighted by atomic mass is 79.9. The highest BCUT2D eigenvalue weighted by Crippen LogP contribution is 2.28. The number of rotatable bonds is 3. The number of ether oxygens (including phenoxy) is 1. The van der Waals surface area contributed by atoms with Crippen LogP contribution in [0, 0.1) is 13.8 Å². The van der Waals surface area contributed by atoms with Crippen molar-refractivity contribution in [3.8, 4) is 11.3 Å². The highest BCUT2D eigenvalue weighted by Gasteiger charge is 2.20. The highest BCUT2D eigenvalue weighted by molar-refractivity contribution is 9.10. The van der Waals surface area contributed by atoms with Gasteiger partial charge in [0.05, 0.1) is 12.3 Å². The third-order valence-electron chi connectivity index (χ3n) is 3.66. The van der Waals surface area contributed by atoms with Gasteiger partial charge in [-0.3, -0.25) is 4.40 Å². The number of aromatic nitrogens is 2. The van der Waals surface area contributed by atoms with Gasteiger partial charge in [0.15, 0.2) is 5.65 Å². The minimum atomic E-state index is -0.342. The summed E-state index contributed by atoms with van der Waals surface area (Å²) in [6, 6.07) is 11.9. The molecule has 0 aliphatic carbocycles. The van der Waals surface area contributed by atoms with E-state index in [-0.39, 0.29) is 5.97 Å². The van der Waals surface area contributed by atoms with Gasteiger partial charge in [-0.1, -0.05) is 28.1 Å². The zero-order chi connectivity index (χ0) is 16.6. The smallest absolute Gasteiger partial charge is 0.342 e. The van der Waals surface area contributed by atoms with Crippen LogP contribution in [0.15, 0.2) is 40.9 Å². The molecule has 0 spiro atoms. The predicted molar refractivity (Wildman–Crippen MR) is 93.8 cm³/mol. The van der Waals surface area contributed by atoms with Crippen LogP contribution in [0.2, 0.25) is 0 Å². The molecular formula is C18H17BrN2O2. The second-order valence-corrected chi connectivity index (χ2v) is 6.28. The van der Waals surface area contributed by atoms with E-state index in [1.807, 2.05) is 54.6 Å². The standard InChI is InChI=1S/C18H17BrN2O2/c1-4-23-18(22)15-10-16(13-5-7-14(19)8-6-13)21-12(3)9-11(2)20-17(15)21/h5-10H,4H2,1-3H3. The van der Waals surface area contributed by atoms with E-state index in [0.29, 0.717) is 17.8 Å². The molecule has 0 atom stereocenters. The zero-order valence-corrected chi connectivity index (χ0v) is 14.8.